The molecule has 0 aromatic heterocycles. The molecule has 1 fully saturated rings. The van der Waals surface area contributed by atoms with Crippen LogP contribution in [0.25, 0.3) is 0 Å². The molecule has 1 amide bonds. The second kappa shape index (κ2) is 8.25. The highest BCUT2D eigenvalue weighted by atomic mass is 35.5. The number of hydrogen-bond acceptors (Lipinski definition) is 3. The molecule has 2 aromatic carbocycles. The van der Waals surface area contributed by atoms with E-state index in [1.807, 2.05) is 19.1 Å². The molecule has 1 aliphatic heterocycles. The summed E-state index contributed by atoms with van der Waals surface area (Å²) in [6.45, 7) is 3.07. The van der Waals surface area contributed by atoms with Gasteiger partial charge in [-0.15, -0.1) is 0 Å². The molecule has 1 atom stereocenters. The second-order valence-electron chi connectivity index (χ2n) is 6.15. The number of carbonyl (C=O) groups is 1. The Bertz CT molecular complexity index is 823. The molecular formula is C19H18Cl2FNO3. The number of amides is 1. The van der Waals surface area contributed by atoms with Gasteiger partial charge in [0.2, 0.25) is 0 Å². The van der Waals surface area contributed by atoms with Gasteiger partial charge in [-0.1, -0.05) is 29.3 Å². The van der Waals surface area contributed by atoms with Gasteiger partial charge in [-0.3, -0.25) is 4.79 Å². The van der Waals surface area contributed by atoms with Gasteiger partial charge in [0.05, 0.1) is 27.4 Å². The number of ether oxygens (including phenoxy) is 2. The number of carbonyl (C=O) groups excluding carboxylic acids is 1. The highest BCUT2D eigenvalue weighted by molar-refractivity contribution is 6.37. The molecule has 0 radical (unpaired) electrons. The third-order valence-corrected chi connectivity index (χ3v) is 4.69. The quantitative estimate of drug-likeness (QED) is 0.700. The first kappa shape index (κ1) is 19.0. The fourth-order valence-corrected chi connectivity index (χ4v) is 3.17. The number of hydrogen-bond donors (Lipinski definition) is 1. The molecule has 7 heteroatoms. The van der Waals surface area contributed by atoms with Gasteiger partial charge in [0.1, 0.15) is 18.2 Å². The average molecular weight is 398 g/mol. The SMILES string of the molecule is Cc1ccc(NC(=O)c2cc(F)c(Cl)cc2Cl)c(OCC2CCCO2)c1. The van der Waals surface area contributed by atoms with Crippen molar-refractivity contribution in [2.45, 2.75) is 25.9 Å². The maximum Gasteiger partial charge on any atom is 0.257 e. The van der Waals surface area contributed by atoms with Crippen LogP contribution in [0.4, 0.5) is 10.1 Å². The van der Waals surface area contributed by atoms with Crippen LogP contribution in [-0.4, -0.2) is 25.2 Å². The lowest BCUT2D eigenvalue weighted by Crippen LogP contribution is -2.18. The maximum atomic E-state index is 13.7. The molecule has 138 valence electrons. The van der Waals surface area contributed by atoms with Crippen LogP contribution < -0.4 is 10.1 Å². The van der Waals surface area contributed by atoms with Gasteiger partial charge in [-0.25, -0.2) is 4.39 Å². The topological polar surface area (TPSA) is 47.6 Å². The minimum atomic E-state index is -0.708. The Labute approximate surface area is 161 Å². The van der Waals surface area contributed by atoms with Gasteiger partial charge < -0.3 is 14.8 Å². The summed E-state index contributed by atoms with van der Waals surface area (Å²) in [7, 11) is 0. The lowest BCUT2D eigenvalue weighted by molar-refractivity contribution is 0.0681. The van der Waals surface area contributed by atoms with Crippen LogP contribution in [0.5, 0.6) is 5.75 Å². The highest BCUT2D eigenvalue weighted by Crippen LogP contribution is 2.29. The van der Waals surface area contributed by atoms with E-state index in [-0.39, 0.29) is 21.7 Å². The zero-order valence-corrected chi connectivity index (χ0v) is 15.7. The Morgan fingerprint density at radius 1 is 1.31 bits per heavy atom. The van der Waals surface area contributed by atoms with E-state index in [2.05, 4.69) is 5.32 Å². The third-order valence-electron chi connectivity index (χ3n) is 4.09. The van der Waals surface area contributed by atoms with E-state index in [0.29, 0.717) is 18.0 Å². The van der Waals surface area contributed by atoms with Crippen molar-refractivity contribution in [2.75, 3.05) is 18.5 Å². The van der Waals surface area contributed by atoms with Crippen molar-refractivity contribution >= 4 is 34.8 Å². The summed E-state index contributed by atoms with van der Waals surface area (Å²) in [6, 6.07) is 7.63. The van der Waals surface area contributed by atoms with E-state index in [4.69, 9.17) is 32.7 Å². The molecular weight excluding hydrogens is 380 g/mol. The first-order chi connectivity index (χ1) is 12.4. The number of aryl methyl sites for hydroxylation is 1. The first-order valence-corrected chi connectivity index (χ1v) is 9.00. The predicted octanol–water partition coefficient (Wildman–Crippen LogP) is 5.25. The summed E-state index contributed by atoms with van der Waals surface area (Å²) in [5.74, 6) is -0.726. The van der Waals surface area contributed by atoms with Crippen LogP contribution in [0, 0.1) is 12.7 Å². The van der Waals surface area contributed by atoms with Crippen LogP contribution in [0.1, 0.15) is 28.8 Å². The van der Waals surface area contributed by atoms with Crippen LogP contribution in [0.15, 0.2) is 30.3 Å². The largest absolute Gasteiger partial charge is 0.489 e. The van der Waals surface area contributed by atoms with Crippen molar-refractivity contribution in [3.8, 4) is 5.75 Å². The lowest BCUT2D eigenvalue weighted by Gasteiger charge is -2.16. The summed E-state index contributed by atoms with van der Waals surface area (Å²) in [6.07, 6.45) is 2.03. The van der Waals surface area contributed by atoms with Crippen LogP contribution in [-0.2, 0) is 4.74 Å². The smallest absolute Gasteiger partial charge is 0.257 e. The standard InChI is InChI=1S/C19H18Cl2FNO3/c1-11-4-5-17(18(7-11)26-10-12-3-2-6-25-12)23-19(24)13-8-16(22)15(21)9-14(13)20/h4-5,7-9,12H,2-3,6,10H2,1H3,(H,23,24). The average Bonchev–Trinajstić information content (AvgIpc) is 3.11. The maximum absolute atomic E-state index is 13.7. The summed E-state index contributed by atoms with van der Waals surface area (Å²) in [4.78, 5) is 12.5. The van der Waals surface area contributed by atoms with E-state index in [9.17, 15) is 9.18 Å². The highest BCUT2D eigenvalue weighted by Gasteiger charge is 2.19. The molecule has 2 aromatic rings. The van der Waals surface area contributed by atoms with Crippen molar-refractivity contribution in [2.24, 2.45) is 0 Å². The van der Waals surface area contributed by atoms with Gasteiger partial charge in [0, 0.05) is 6.61 Å². The minimum Gasteiger partial charge on any atom is -0.489 e. The molecule has 1 saturated heterocycles. The van der Waals surface area contributed by atoms with E-state index < -0.39 is 11.7 Å². The zero-order valence-electron chi connectivity index (χ0n) is 14.2. The van der Waals surface area contributed by atoms with Crippen LogP contribution >= 0.6 is 23.2 Å². The number of halogens is 3. The van der Waals surface area contributed by atoms with E-state index in [0.717, 1.165) is 31.1 Å². The van der Waals surface area contributed by atoms with Crippen molar-refractivity contribution in [1.29, 1.82) is 0 Å². The molecule has 0 spiro atoms. The molecule has 0 bridgehead atoms. The molecule has 4 nitrogen and oxygen atoms in total. The van der Waals surface area contributed by atoms with Crippen LogP contribution in [0.3, 0.4) is 0 Å². The summed E-state index contributed by atoms with van der Waals surface area (Å²) in [5, 5.41) is 2.65. The monoisotopic (exact) mass is 397 g/mol. The first-order valence-electron chi connectivity index (χ1n) is 8.25. The predicted molar refractivity (Wildman–Crippen MR) is 100 cm³/mol. The summed E-state index contributed by atoms with van der Waals surface area (Å²) < 4.78 is 25.1. The Kier molecular flexibility index (Phi) is 6.01. The third kappa shape index (κ3) is 4.47. The second-order valence-corrected chi connectivity index (χ2v) is 6.96. The number of benzene rings is 2. The normalized spacial score (nSPS) is 16.5. The Morgan fingerprint density at radius 3 is 2.85 bits per heavy atom. The van der Waals surface area contributed by atoms with E-state index in [1.54, 1.807) is 6.07 Å². The van der Waals surface area contributed by atoms with Crippen molar-refractivity contribution < 1.29 is 18.7 Å². The Balaban J connectivity index is 1.78. The Morgan fingerprint density at radius 2 is 2.12 bits per heavy atom. The number of nitrogens with one attached hydrogen (secondary N) is 1. The fraction of sp³-hybridized carbons (Fsp3) is 0.316. The molecule has 1 unspecified atom stereocenters. The summed E-state index contributed by atoms with van der Waals surface area (Å²) >= 11 is 11.7. The molecule has 1 N–H and O–H groups in total. The van der Waals surface area contributed by atoms with Gasteiger partial charge in [0.15, 0.2) is 0 Å². The van der Waals surface area contributed by atoms with E-state index in [1.165, 1.54) is 6.07 Å². The summed E-state index contributed by atoms with van der Waals surface area (Å²) in [5.41, 5.74) is 1.46. The number of rotatable bonds is 5. The van der Waals surface area contributed by atoms with Gasteiger partial charge in [-0.2, -0.15) is 0 Å². The fourth-order valence-electron chi connectivity index (χ4n) is 2.70. The molecule has 3 rings (SSSR count). The van der Waals surface area contributed by atoms with E-state index >= 15 is 0 Å². The van der Waals surface area contributed by atoms with Crippen molar-refractivity contribution in [3.63, 3.8) is 0 Å². The molecule has 1 heterocycles. The van der Waals surface area contributed by atoms with Crippen molar-refractivity contribution in [3.05, 3.63) is 57.3 Å². The van der Waals surface area contributed by atoms with Crippen molar-refractivity contribution in [1.82, 2.24) is 0 Å². The van der Waals surface area contributed by atoms with Gasteiger partial charge in [0.25, 0.3) is 5.91 Å². The van der Waals surface area contributed by atoms with Gasteiger partial charge >= 0.3 is 0 Å². The minimum absolute atomic E-state index is 0.000724. The number of anilines is 1. The lowest BCUT2D eigenvalue weighted by atomic mass is 10.1. The van der Waals surface area contributed by atoms with Gasteiger partial charge in [-0.05, 0) is 49.6 Å². The molecule has 26 heavy (non-hydrogen) atoms. The molecule has 0 saturated carbocycles. The zero-order chi connectivity index (χ0) is 18.7. The molecule has 1 aliphatic rings. The molecule has 0 aliphatic carbocycles. The Hall–Kier alpha value is -1.82. The van der Waals surface area contributed by atoms with Crippen LogP contribution in [0.2, 0.25) is 10.0 Å².